The third kappa shape index (κ3) is 3.87. The molecular weight excluding hydrogens is 426 g/mol. The van der Waals surface area contributed by atoms with Crippen molar-refractivity contribution in [2.24, 2.45) is 7.05 Å². The van der Waals surface area contributed by atoms with Crippen molar-refractivity contribution in [1.29, 1.82) is 0 Å². The Bertz CT molecular complexity index is 1150. The van der Waals surface area contributed by atoms with E-state index in [0.717, 1.165) is 16.3 Å². The van der Waals surface area contributed by atoms with E-state index in [1.165, 1.54) is 11.8 Å². The summed E-state index contributed by atoms with van der Waals surface area (Å²) in [7, 11) is 1.88. The number of nitrogens with one attached hydrogen (secondary N) is 2. The van der Waals surface area contributed by atoms with E-state index in [1.807, 2.05) is 54.9 Å². The van der Waals surface area contributed by atoms with Gasteiger partial charge in [-0.3, -0.25) is 15.0 Å². The number of amides is 4. The molecule has 1 saturated heterocycles. The average Bonchev–Trinajstić information content (AvgIpc) is 3.31. The Morgan fingerprint density at radius 2 is 1.75 bits per heavy atom. The molecule has 0 radical (unpaired) electrons. The second-order valence-corrected chi connectivity index (χ2v) is 8.31. The molecule has 4 rings (SSSR count). The molecule has 1 aromatic heterocycles. The van der Waals surface area contributed by atoms with Crippen LogP contribution in [-0.4, -0.2) is 38.2 Å². The van der Waals surface area contributed by atoms with Crippen molar-refractivity contribution in [1.82, 2.24) is 25.3 Å². The van der Waals surface area contributed by atoms with Crippen LogP contribution in [0.5, 0.6) is 0 Å². The first-order chi connectivity index (χ1) is 15.5. The van der Waals surface area contributed by atoms with Gasteiger partial charge in [0, 0.05) is 7.05 Å². The molecule has 0 bridgehead atoms. The van der Waals surface area contributed by atoms with Crippen LogP contribution in [0.4, 0.5) is 4.79 Å². The molecule has 4 amide bonds. The van der Waals surface area contributed by atoms with Crippen LogP contribution in [0.3, 0.4) is 0 Å². The number of nitrogens with zero attached hydrogens (tertiary/aromatic N) is 3. The van der Waals surface area contributed by atoms with Gasteiger partial charge in [-0.05, 0) is 17.5 Å². The maximum Gasteiger partial charge on any atom is 0.344 e. The van der Waals surface area contributed by atoms with Gasteiger partial charge in [-0.25, -0.2) is 9.78 Å². The molecule has 1 atom stereocenters. The second-order valence-electron chi connectivity index (χ2n) is 7.37. The summed E-state index contributed by atoms with van der Waals surface area (Å²) in [6.45, 7) is 1.82. The number of thioether (sulfide) groups is 1. The third-order valence-corrected chi connectivity index (χ3v) is 6.52. The summed E-state index contributed by atoms with van der Waals surface area (Å²) in [5.41, 5.74) is 3.88. The molecule has 0 saturated carbocycles. The van der Waals surface area contributed by atoms with Crippen molar-refractivity contribution in [3.8, 4) is 11.3 Å². The number of hydrazine groups is 1. The number of benzene rings is 2. The molecule has 2 aromatic carbocycles. The molecule has 3 aromatic rings. The molecule has 1 fully saturated rings. The molecule has 2 heterocycles. The monoisotopic (exact) mass is 449 g/mol. The Labute approximate surface area is 190 Å². The quantitative estimate of drug-likeness (QED) is 0.427. The Kier molecular flexibility index (Phi) is 6.00. The zero-order valence-electron chi connectivity index (χ0n) is 17.7. The molecule has 1 aliphatic rings. The van der Waals surface area contributed by atoms with Gasteiger partial charge in [-0.1, -0.05) is 79.3 Å². The first-order valence-corrected chi connectivity index (χ1v) is 11.2. The van der Waals surface area contributed by atoms with Gasteiger partial charge in [0.15, 0.2) is 5.16 Å². The molecule has 2 N–H and O–H groups in total. The zero-order valence-corrected chi connectivity index (χ0v) is 18.6. The van der Waals surface area contributed by atoms with Crippen molar-refractivity contribution in [2.45, 2.75) is 24.0 Å². The van der Waals surface area contributed by atoms with Crippen molar-refractivity contribution < 1.29 is 14.4 Å². The number of hydrogen-bond acceptors (Lipinski definition) is 5. The van der Waals surface area contributed by atoms with Gasteiger partial charge in [-0.2, -0.15) is 5.01 Å². The highest BCUT2D eigenvalue weighted by Gasteiger charge is 2.52. The lowest BCUT2D eigenvalue weighted by Gasteiger charge is -2.25. The van der Waals surface area contributed by atoms with E-state index in [9.17, 15) is 14.4 Å². The van der Waals surface area contributed by atoms with Crippen LogP contribution in [0, 0.1) is 0 Å². The van der Waals surface area contributed by atoms with Crippen molar-refractivity contribution in [3.05, 3.63) is 72.4 Å². The Morgan fingerprint density at radius 1 is 1.09 bits per heavy atom. The zero-order chi connectivity index (χ0) is 22.7. The summed E-state index contributed by atoms with van der Waals surface area (Å²) < 4.78 is 1.90. The van der Waals surface area contributed by atoms with Crippen molar-refractivity contribution in [3.63, 3.8) is 0 Å². The summed E-state index contributed by atoms with van der Waals surface area (Å²) in [6.07, 6.45) is 2.11. The number of urea groups is 1. The third-order valence-electron chi connectivity index (χ3n) is 5.47. The van der Waals surface area contributed by atoms with E-state index >= 15 is 0 Å². The topological polar surface area (TPSA) is 96.3 Å². The minimum atomic E-state index is -1.19. The van der Waals surface area contributed by atoms with Gasteiger partial charge in [0.25, 0.3) is 5.91 Å². The van der Waals surface area contributed by atoms with Crippen LogP contribution < -0.4 is 10.7 Å². The van der Waals surface area contributed by atoms with Crippen LogP contribution in [-0.2, 0) is 22.2 Å². The van der Waals surface area contributed by atoms with E-state index in [1.54, 1.807) is 30.5 Å². The lowest BCUT2D eigenvalue weighted by Crippen LogP contribution is -2.49. The Balaban J connectivity index is 1.42. The largest absolute Gasteiger partial charge is 0.344 e. The average molecular weight is 450 g/mol. The minimum absolute atomic E-state index is 0.000600. The molecular formula is C23H23N5O3S. The number of imide groups is 1. The molecule has 164 valence electrons. The predicted octanol–water partition coefficient (Wildman–Crippen LogP) is 3.07. The van der Waals surface area contributed by atoms with Crippen LogP contribution in [0.2, 0.25) is 0 Å². The van der Waals surface area contributed by atoms with E-state index in [-0.39, 0.29) is 5.75 Å². The van der Waals surface area contributed by atoms with Gasteiger partial charge in [0.1, 0.15) is 5.54 Å². The van der Waals surface area contributed by atoms with Crippen molar-refractivity contribution in [2.75, 3.05) is 5.75 Å². The Morgan fingerprint density at radius 3 is 2.41 bits per heavy atom. The number of carbonyl (C=O) groups excluding carboxylic acids is 3. The number of hydrogen-bond donors (Lipinski definition) is 2. The summed E-state index contributed by atoms with van der Waals surface area (Å²) in [5.74, 6) is -0.971. The summed E-state index contributed by atoms with van der Waals surface area (Å²) in [6, 6.07) is 18.2. The molecule has 0 aliphatic carbocycles. The molecule has 1 aliphatic heterocycles. The van der Waals surface area contributed by atoms with Gasteiger partial charge < -0.3 is 9.88 Å². The second kappa shape index (κ2) is 8.88. The highest BCUT2D eigenvalue weighted by Crippen LogP contribution is 2.31. The number of imidazole rings is 1. The summed E-state index contributed by atoms with van der Waals surface area (Å²) in [4.78, 5) is 42.5. The summed E-state index contributed by atoms with van der Waals surface area (Å²) >= 11 is 1.23. The van der Waals surface area contributed by atoms with E-state index < -0.39 is 23.4 Å². The highest BCUT2D eigenvalue weighted by atomic mass is 32.2. The normalized spacial score (nSPS) is 18.0. The van der Waals surface area contributed by atoms with Gasteiger partial charge in [-0.15, -0.1) is 0 Å². The van der Waals surface area contributed by atoms with E-state index in [0.29, 0.717) is 17.1 Å². The fourth-order valence-electron chi connectivity index (χ4n) is 3.73. The maximum absolute atomic E-state index is 13.1. The lowest BCUT2D eigenvalue weighted by atomic mass is 9.87. The van der Waals surface area contributed by atoms with Gasteiger partial charge in [0.05, 0.1) is 17.6 Å². The van der Waals surface area contributed by atoms with E-state index in [2.05, 4.69) is 15.7 Å². The molecule has 0 spiro atoms. The smallest absolute Gasteiger partial charge is 0.322 e. The first-order valence-electron chi connectivity index (χ1n) is 10.2. The SMILES string of the molecule is CC[C@@]1(c2ccccc2)NC(=O)N(NC(=O)CSc2ncc(-c3ccccc3)n2C)C1=O. The number of aromatic nitrogens is 2. The van der Waals surface area contributed by atoms with Gasteiger partial charge in [0.2, 0.25) is 5.91 Å². The molecule has 0 unspecified atom stereocenters. The summed E-state index contributed by atoms with van der Waals surface area (Å²) in [5, 5.41) is 4.17. The van der Waals surface area contributed by atoms with Crippen LogP contribution in [0.1, 0.15) is 18.9 Å². The fourth-order valence-corrected chi connectivity index (χ4v) is 4.47. The minimum Gasteiger partial charge on any atom is -0.322 e. The standard InChI is InChI=1S/C23H23N5O3S/c1-3-23(17-12-8-5-9-13-17)20(30)28(21(31)25-23)26-19(29)15-32-22-24-14-18(27(22)2)16-10-6-4-7-11-16/h4-14H,3,15H2,1-2H3,(H,25,31)(H,26,29)/t23-/m0/s1. The first kappa shape index (κ1) is 21.6. The molecule has 9 heteroatoms. The number of carbonyl (C=O) groups is 3. The highest BCUT2D eigenvalue weighted by molar-refractivity contribution is 7.99. The molecule has 8 nitrogen and oxygen atoms in total. The predicted molar refractivity (Wildman–Crippen MR) is 121 cm³/mol. The van der Waals surface area contributed by atoms with Crippen LogP contribution in [0.25, 0.3) is 11.3 Å². The van der Waals surface area contributed by atoms with Crippen LogP contribution in [0.15, 0.2) is 72.0 Å². The maximum atomic E-state index is 13.1. The van der Waals surface area contributed by atoms with Crippen LogP contribution >= 0.6 is 11.8 Å². The number of rotatable bonds is 7. The van der Waals surface area contributed by atoms with Crippen molar-refractivity contribution >= 4 is 29.6 Å². The lowest BCUT2D eigenvalue weighted by molar-refractivity contribution is -0.138. The molecule has 32 heavy (non-hydrogen) atoms. The van der Waals surface area contributed by atoms with E-state index in [4.69, 9.17) is 0 Å². The fraction of sp³-hybridized carbons (Fsp3) is 0.217. The van der Waals surface area contributed by atoms with Gasteiger partial charge >= 0.3 is 6.03 Å². The Hall–Kier alpha value is -3.59.